The van der Waals surface area contributed by atoms with Gasteiger partial charge in [0.2, 0.25) is 5.91 Å². The minimum atomic E-state index is -0.270. The second-order valence-corrected chi connectivity index (χ2v) is 8.61. The fourth-order valence-electron chi connectivity index (χ4n) is 3.38. The lowest BCUT2D eigenvalue weighted by Gasteiger charge is -2.15. The Morgan fingerprint density at radius 2 is 2.27 bits per heavy atom. The molecule has 26 heavy (non-hydrogen) atoms. The van der Waals surface area contributed by atoms with Gasteiger partial charge in [-0.2, -0.15) is 5.10 Å². The summed E-state index contributed by atoms with van der Waals surface area (Å²) in [6.45, 7) is 5.61. The van der Waals surface area contributed by atoms with Crippen LogP contribution in [0.4, 0.5) is 0 Å². The van der Waals surface area contributed by atoms with Gasteiger partial charge in [-0.15, -0.1) is 11.3 Å². The van der Waals surface area contributed by atoms with E-state index in [4.69, 9.17) is 11.6 Å². The van der Waals surface area contributed by atoms with Crippen molar-refractivity contribution >= 4 is 44.6 Å². The van der Waals surface area contributed by atoms with Gasteiger partial charge in [0.1, 0.15) is 17.9 Å². The lowest BCUT2D eigenvalue weighted by molar-refractivity contribution is -0.122. The summed E-state index contributed by atoms with van der Waals surface area (Å²) in [6.07, 6.45) is 0.903. The number of thiophene rings is 1. The molecule has 138 valence electrons. The Kier molecular flexibility index (Phi) is 4.50. The summed E-state index contributed by atoms with van der Waals surface area (Å²) in [5.74, 6) is 0.629. The van der Waals surface area contributed by atoms with Crippen LogP contribution in [0.1, 0.15) is 32.0 Å². The number of fused-ring (bicyclic) bond motifs is 3. The molecule has 0 saturated carbocycles. The molecule has 3 aromatic heterocycles. The van der Waals surface area contributed by atoms with E-state index < -0.39 is 0 Å². The number of nitrogens with zero attached hydrogens (tertiary/aromatic N) is 3. The van der Waals surface area contributed by atoms with Gasteiger partial charge >= 0.3 is 0 Å². The van der Waals surface area contributed by atoms with Crippen molar-refractivity contribution in [3.8, 4) is 0 Å². The topological polar surface area (TPSA) is 80.4 Å². The molecule has 4 rings (SSSR count). The molecule has 0 unspecified atom stereocenters. The zero-order chi connectivity index (χ0) is 18.4. The van der Waals surface area contributed by atoms with E-state index in [9.17, 15) is 9.59 Å². The first-order chi connectivity index (χ1) is 12.4. The molecule has 1 aliphatic heterocycles. The molecule has 1 atom stereocenters. The number of halogens is 1. The van der Waals surface area contributed by atoms with Gasteiger partial charge in [-0.1, -0.05) is 25.4 Å². The van der Waals surface area contributed by atoms with Crippen molar-refractivity contribution in [2.24, 2.45) is 0 Å². The third-order valence-electron chi connectivity index (χ3n) is 4.60. The van der Waals surface area contributed by atoms with Crippen LogP contribution in [0.5, 0.6) is 0 Å². The van der Waals surface area contributed by atoms with Crippen LogP contribution < -0.4 is 16.2 Å². The van der Waals surface area contributed by atoms with Crippen molar-refractivity contribution in [1.29, 1.82) is 0 Å². The van der Waals surface area contributed by atoms with E-state index in [1.807, 2.05) is 30.4 Å². The molecule has 0 bridgehead atoms. The summed E-state index contributed by atoms with van der Waals surface area (Å²) in [6, 6.07) is 3.80. The van der Waals surface area contributed by atoms with Gasteiger partial charge in [0, 0.05) is 18.5 Å². The van der Waals surface area contributed by atoms with Crippen LogP contribution in [-0.4, -0.2) is 39.2 Å². The maximum Gasteiger partial charge on any atom is 0.291 e. The molecule has 3 aromatic rings. The van der Waals surface area contributed by atoms with Crippen LogP contribution >= 0.6 is 22.9 Å². The number of amides is 1. The van der Waals surface area contributed by atoms with Gasteiger partial charge < -0.3 is 10.6 Å². The summed E-state index contributed by atoms with van der Waals surface area (Å²) < 4.78 is 4.75. The second-order valence-electron chi connectivity index (χ2n) is 6.90. The van der Waals surface area contributed by atoms with Crippen LogP contribution in [0.15, 0.2) is 16.9 Å². The average Bonchev–Trinajstić information content (AvgIpc) is 3.26. The number of carbonyl (C=O) groups is 1. The Morgan fingerprint density at radius 3 is 2.96 bits per heavy atom. The van der Waals surface area contributed by atoms with Crippen LogP contribution in [0.3, 0.4) is 0 Å². The van der Waals surface area contributed by atoms with Gasteiger partial charge in [0.15, 0.2) is 0 Å². The highest BCUT2D eigenvalue weighted by Crippen LogP contribution is 2.32. The van der Waals surface area contributed by atoms with Gasteiger partial charge in [0.25, 0.3) is 5.56 Å². The summed E-state index contributed by atoms with van der Waals surface area (Å²) in [4.78, 5) is 25.2. The van der Waals surface area contributed by atoms with E-state index in [1.54, 1.807) is 0 Å². The first-order valence-corrected chi connectivity index (χ1v) is 9.85. The van der Waals surface area contributed by atoms with E-state index in [-0.39, 0.29) is 30.0 Å². The molecule has 1 aliphatic rings. The first kappa shape index (κ1) is 17.5. The molecule has 1 fully saturated rings. The molecule has 2 N–H and O–H groups in total. The van der Waals surface area contributed by atoms with Crippen LogP contribution in [0.2, 0.25) is 4.34 Å². The summed E-state index contributed by atoms with van der Waals surface area (Å²) in [5, 5.41) is 10.7. The summed E-state index contributed by atoms with van der Waals surface area (Å²) in [7, 11) is 0. The zero-order valence-electron chi connectivity index (χ0n) is 14.6. The number of hydrogen-bond donors (Lipinski definition) is 2. The van der Waals surface area contributed by atoms with Crippen molar-refractivity contribution in [3.05, 3.63) is 32.6 Å². The second kappa shape index (κ2) is 6.68. The van der Waals surface area contributed by atoms with E-state index in [1.165, 1.54) is 16.0 Å². The molecular formula is C17H20ClN5O2S. The van der Waals surface area contributed by atoms with Gasteiger partial charge in [-0.05, 0) is 25.1 Å². The number of carbonyl (C=O) groups excluding carboxylic acids is 1. The quantitative estimate of drug-likeness (QED) is 0.710. The Morgan fingerprint density at radius 1 is 1.46 bits per heavy atom. The molecule has 0 radical (unpaired) electrons. The SMILES string of the molecule is CC(C)c1nn(CC(=O)N[C@H]2CCNC2)c(=O)c2cc3sc(Cl)cc3n12. The zero-order valence-corrected chi connectivity index (χ0v) is 16.2. The third kappa shape index (κ3) is 3.02. The molecule has 1 saturated heterocycles. The van der Waals surface area contributed by atoms with E-state index >= 15 is 0 Å². The first-order valence-electron chi connectivity index (χ1n) is 8.65. The number of aromatic nitrogens is 3. The largest absolute Gasteiger partial charge is 0.350 e. The Hall–Kier alpha value is -1.90. The van der Waals surface area contributed by atoms with Crippen LogP contribution in [-0.2, 0) is 11.3 Å². The van der Waals surface area contributed by atoms with Gasteiger partial charge in [-0.3, -0.25) is 14.0 Å². The Labute approximate surface area is 158 Å². The third-order valence-corrected chi connectivity index (χ3v) is 5.80. The lowest BCUT2D eigenvalue weighted by atomic mass is 10.2. The Balaban J connectivity index is 1.76. The number of nitrogens with one attached hydrogen (secondary N) is 2. The molecule has 4 heterocycles. The predicted molar refractivity (Wildman–Crippen MR) is 103 cm³/mol. The van der Waals surface area contributed by atoms with Gasteiger partial charge in [0.05, 0.1) is 14.6 Å². The molecule has 7 nitrogen and oxygen atoms in total. The molecule has 0 aliphatic carbocycles. The van der Waals surface area contributed by atoms with Crippen LogP contribution in [0.25, 0.3) is 15.7 Å². The standard InChI is InChI=1S/C17H20ClN5O2S/c1-9(2)16-21-22(8-15(24)20-10-3-4-19-7-10)17(25)12-5-13-11(23(12)16)6-14(18)26-13/h5-6,9-10,19H,3-4,7-8H2,1-2H3,(H,20,24)/t10-/m0/s1. The normalized spacial score (nSPS) is 17.6. The monoisotopic (exact) mass is 393 g/mol. The summed E-state index contributed by atoms with van der Waals surface area (Å²) in [5.41, 5.74) is 1.14. The highest BCUT2D eigenvalue weighted by Gasteiger charge is 2.21. The summed E-state index contributed by atoms with van der Waals surface area (Å²) >= 11 is 7.55. The fourth-order valence-corrected chi connectivity index (χ4v) is 4.54. The van der Waals surface area contributed by atoms with Crippen LogP contribution in [0, 0.1) is 0 Å². The minimum absolute atomic E-state index is 0.0782. The molecule has 1 amide bonds. The Bertz CT molecular complexity index is 1040. The molecule has 0 aromatic carbocycles. The minimum Gasteiger partial charge on any atom is -0.350 e. The highest BCUT2D eigenvalue weighted by molar-refractivity contribution is 7.22. The molecule has 9 heteroatoms. The smallest absolute Gasteiger partial charge is 0.291 e. The maximum atomic E-state index is 12.9. The van der Waals surface area contributed by atoms with E-state index in [0.717, 1.165) is 35.6 Å². The maximum absolute atomic E-state index is 12.9. The number of rotatable bonds is 4. The van der Waals surface area contributed by atoms with Crippen molar-refractivity contribution < 1.29 is 4.79 Å². The number of hydrogen-bond acceptors (Lipinski definition) is 5. The van der Waals surface area contributed by atoms with Crippen molar-refractivity contribution in [2.45, 2.75) is 38.8 Å². The lowest BCUT2D eigenvalue weighted by Crippen LogP contribution is -2.41. The van der Waals surface area contributed by atoms with Crippen molar-refractivity contribution in [1.82, 2.24) is 24.8 Å². The highest BCUT2D eigenvalue weighted by atomic mass is 35.5. The van der Waals surface area contributed by atoms with Gasteiger partial charge in [-0.25, -0.2) is 4.68 Å². The van der Waals surface area contributed by atoms with E-state index in [2.05, 4.69) is 15.7 Å². The molecule has 0 spiro atoms. The van der Waals surface area contributed by atoms with Crippen molar-refractivity contribution in [3.63, 3.8) is 0 Å². The van der Waals surface area contributed by atoms with E-state index in [0.29, 0.717) is 9.85 Å². The van der Waals surface area contributed by atoms with Crippen molar-refractivity contribution in [2.75, 3.05) is 13.1 Å². The fraction of sp³-hybridized carbons (Fsp3) is 0.471. The average molecular weight is 394 g/mol. The molecular weight excluding hydrogens is 374 g/mol. The predicted octanol–water partition coefficient (Wildman–Crippen LogP) is 1.97.